The van der Waals surface area contributed by atoms with E-state index in [0.29, 0.717) is 18.7 Å². The van der Waals surface area contributed by atoms with Crippen molar-refractivity contribution in [2.45, 2.75) is 63.1 Å². The topological polar surface area (TPSA) is 127 Å². The van der Waals surface area contributed by atoms with Crippen LogP contribution in [-0.2, 0) is 14.4 Å². The van der Waals surface area contributed by atoms with E-state index >= 15 is 0 Å². The number of nitrogens with zero attached hydrogens (tertiary/aromatic N) is 3. The molecule has 2 saturated heterocycles. The molecular weight excluding hydrogens is 470 g/mol. The minimum Gasteiger partial charge on any atom is -0.375 e. The molecule has 0 radical (unpaired) electrons. The number of alkyl halides is 2. The number of amides is 3. The lowest BCUT2D eigenvalue weighted by molar-refractivity contribution is -0.166. The van der Waals surface area contributed by atoms with Gasteiger partial charge in [-0.25, -0.2) is 8.78 Å². The van der Waals surface area contributed by atoms with E-state index in [4.69, 9.17) is 0 Å². The van der Waals surface area contributed by atoms with Gasteiger partial charge in [0.05, 0.1) is 18.3 Å². The number of anilines is 1. The molecule has 1 aromatic rings. The van der Waals surface area contributed by atoms with Crippen LogP contribution in [-0.4, -0.2) is 64.7 Å². The Morgan fingerprint density at radius 1 is 1.42 bits per heavy atom. The molecular formula is C25H28F2N6O3. The summed E-state index contributed by atoms with van der Waals surface area (Å²) in [5.41, 5.74) is 1.46. The van der Waals surface area contributed by atoms with Crippen molar-refractivity contribution in [3.05, 3.63) is 24.0 Å². The van der Waals surface area contributed by atoms with Crippen LogP contribution in [0.3, 0.4) is 0 Å². The lowest BCUT2D eigenvalue weighted by atomic mass is 9.82. The van der Waals surface area contributed by atoms with E-state index in [0.717, 1.165) is 12.0 Å². The van der Waals surface area contributed by atoms with Crippen molar-refractivity contribution in [2.24, 2.45) is 11.8 Å². The Hall–Kier alpha value is -3.73. The number of carbonyl (C=O) groups excluding carboxylic acids is 3. The maximum Gasteiger partial charge on any atom is 0.266 e. The second-order valence-corrected chi connectivity index (χ2v) is 9.53. The molecule has 4 heterocycles. The molecule has 3 aliphatic heterocycles. The van der Waals surface area contributed by atoms with Crippen molar-refractivity contribution < 1.29 is 23.2 Å². The van der Waals surface area contributed by atoms with E-state index in [9.17, 15) is 28.4 Å². The van der Waals surface area contributed by atoms with Crippen molar-refractivity contribution in [3.8, 4) is 17.9 Å². The number of piperidine rings is 2. The molecule has 9 nitrogen and oxygen atoms in total. The van der Waals surface area contributed by atoms with E-state index in [1.165, 1.54) is 11.1 Å². The number of pyridine rings is 1. The van der Waals surface area contributed by atoms with Crippen molar-refractivity contribution in [1.82, 2.24) is 20.5 Å². The van der Waals surface area contributed by atoms with E-state index in [1.807, 2.05) is 13.0 Å². The van der Waals surface area contributed by atoms with Crippen LogP contribution in [0.2, 0.25) is 0 Å². The number of nitriles is 1. The number of aromatic nitrogens is 1. The smallest absolute Gasteiger partial charge is 0.266 e. The summed E-state index contributed by atoms with van der Waals surface area (Å²) in [5.74, 6) is -1.82. The number of nitrogens with one attached hydrogen (secondary N) is 3. The first-order valence-electron chi connectivity index (χ1n) is 12.0. The number of halogens is 2. The van der Waals surface area contributed by atoms with E-state index < -0.39 is 54.1 Å². The molecule has 0 saturated carbocycles. The molecule has 0 aromatic carbocycles. The number of fused-ring (bicyclic) bond motifs is 3. The third-order valence-corrected chi connectivity index (χ3v) is 6.83. The summed E-state index contributed by atoms with van der Waals surface area (Å²) in [7, 11) is 0. The van der Waals surface area contributed by atoms with Crippen molar-refractivity contribution >= 4 is 23.4 Å². The van der Waals surface area contributed by atoms with Gasteiger partial charge in [-0.1, -0.05) is 5.92 Å². The zero-order valence-corrected chi connectivity index (χ0v) is 19.9. The molecule has 2 fully saturated rings. The van der Waals surface area contributed by atoms with Crippen LogP contribution in [0.4, 0.5) is 14.5 Å². The quantitative estimate of drug-likeness (QED) is 0.487. The Morgan fingerprint density at radius 2 is 2.22 bits per heavy atom. The van der Waals surface area contributed by atoms with E-state index in [-0.39, 0.29) is 25.3 Å². The van der Waals surface area contributed by atoms with E-state index in [1.54, 1.807) is 12.3 Å². The first-order chi connectivity index (χ1) is 17.2. The first kappa shape index (κ1) is 25.4. The molecule has 11 heteroatoms. The summed E-state index contributed by atoms with van der Waals surface area (Å²) in [6.07, 6.45) is 4.00. The van der Waals surface area contributed by atoms with E-state index in [2.05, 4.69) is 32.8 Å². The number of rotatable bonds is 7. The molecule has 3 N–H and O–H groups in total. The van der Waals surface area contributed by atoms with Gasteiger partial charge in [0.25, 0.3) is 5.92 Å². The average Bonchev–Trinajstić information content (AvgIpc) is 3.12. The standard InChI is InChI=1S/C25H28F2N6O3/c1-15-8-18(13-29-12-15)31-14-21(34)33-19-5-2-6-20(25(26,27)10-19)22(33)24(36)32-17(11-28)9-16-4-3-7-30-23(16)35/h8,12-13,16-17,19-20,22,31H,3-5,7,9-10,14H2,1H3,(H,30,35)(H,32,36)/t16-,17-,19-,20?,22-/m0/s1. The average molecular weight is 499 g/mol. The molecule has 190 valence electrons. The fourth-order valence-corrected chi connectivity index (χ4v) is 5.10. The largest absolute Gasteiger partial charge is 0.375 e. The van der Waals surface area contributed by atoms with Crippen molar-refractivity contribution in [2.75, 3.05) is 18.4 Å². The lowest BCUT2D eigenvalue weighted by Gasteiger charge is -2.46. The van der Waals surface area contributed by atoms with Crippen LogP contribution < -0.4 is 16.0 Å². The minimum atomic E-state index is -3.27. The fourth-order valence-electron chi connectivity index (χ4n) is 5.10. The molecule has 2 bridgehead atoms. The molecule has 3 amide bonds. The molecule has 5 atom stereocenters. The van der Waals surface area contributed by atoms with Crippen molar-refractivity contribution in [1.29, 1.82) is 5.26 Å². The third-order valence-electron chi connectivity index (χ3n) is 6.83. The normalized spacial score (nSPS) is 26.9. The minimum absolute atomic E-state index is 0.0253. The molecule has 1 aliphatic carbocycles. The van der Waals surface area contributed by atoms with Gasteiger partial charge in [0.15, 0.2) is 0 Å². The van der Waals surface area contributed by atoms with Gasteiger partial charge in [-0.15, -0.1) is 5.92 Å². The number of hydrogen-bond donors (Lipinski definition) is 3. The van der Waals surface area contributed by atoms with Crippen LogP contribution in [0, 0.1) is 41.9 Å². The maximum atomic E-state index is 15.0. The summed E-state index contributed by atoms with van der Waals surface area (Å²) >= 11 is 0. The zero-order valence-electron chi connectivity index (χ0n) is 19.9. The summed E-state index contributed by atoms with van der Waals surface area (Å²) in [5, 5.41) is 17.8. The molecule has 1 unspecified atom stereocenters. The molecule has 0 spiro atoms. The third kappa shape index (κ3) is 5.40. The summed E-state index contributed by atoms with van der Waals surface area (Å²) < 4.78 is 30.0. The fraction of sp³-hybridized carbons (Fsp3) is 0.560. The Morgan fingerprint density at radius 3 is 2.94 bits per heavy atom. The summed E-state index contributed by atoms with van der Waals surface area (Å²) in [4.78, 5) is 44.0. The van der Waals surface area contributed by atoms with Gasteiger partial charge < -0.3 is 20.9 Å². The lowest BCUT2D eigenvalue weighted by Crippen LogP contribution is -2.65. The van der Waals surface area contributed by atoms with Gasteiger partial charge in [-0.2, -0.15) is 5.26 Å². The number of carbonyl (C=O) groups is 3. The van der Waals surface area contributed by atoms with Crippen LogP contribution in [0.25, 0.3) is 0 Å². The van der Waals surface area contributed by atoms with Crippen LogP contribution in [0.1, 0.15) is 37.7 Å². The van der Waals surface area contributed by atoms with Crippen LogP contribution in [0.5, 0.6) is 0 Å². The molecule has 4 aliphatic rings. The van der Waals surface area contributed by atoms with Crippen LogP contribution >= 0.6 is 0 Å². The highest BCUT2D eigenvalue weighted by Gasteiger charge is 2.58. The molecule has 36 heavy (non-hydrogen) atoms. The predicted octanol–water partition coefficient (Wildman–Crippen LogP) is 1.35. The van der Waals surface area contributed by atoms with Gasteiger partial charge in [0.2, 0.25) is 17.7 Å². The Labute approximate surface area is 208 Å². The highest BCUT2D eigenvalue weighted by Crippen LogP contribution is 2.43. The highest BCUT2D eigenvalue weighted by atomic mass is 19.3. The number of hydrogen-bond acceptors (Lipinski definition) is 6. The first-order valence-corrected chi connectivity index (χ1v) is 12.0. The van der Waals surface area contributed by atoms with Gasteiger partial charge in [0, 0.05) is 43.7 Å². The Bertz CT molecular complexity index is 1140. The second kappa shape index (κ2) is 10.5. The van der Waals surface area contributed by atoms with Gasteiger partial charge >= 0.3 is 0 Å². The molecule has 1 aromatic heterocycles. The van der Waals surface area contributed by atoms with Gasteiger partial charge in [-0.3, -0.25) is 19.4 Å². The zero-order chi connectivity index (χ0) is 25.9. The SMILES string of the molecule is Cc1cncc(NCC(=O)N2[C@H]3CC#CC([C@H]2C(=O)N[C@H](C#N)C[C@@H]2CCCNC2=O)C(F)(F)C3)c1. The van der Waals surface area contributed by atoms with Gasteiger partial charge in [-0.05, 0) is 37.8 Å². The Balaban J connectivity index is 1.53. The predicted molar refractivity (Wildman–Crippen MR) is 125 cm³/mol. The highest BCUT2D eigenvalue weighted by molar-refractivity contribution is 5.91. The number of aryl methyl sites for hydroxylation is 1. The van der Waals surface area contributed by atoms with Crippen LogP contribution in [0.15, 0.2) is 18.5 Å². The van der Waals surface area contributed by atoms with Gasteiger partial charge in [0.1, 0.15) is 18.0 Å². The molecule has 5 rings (SSSR count). The Kier molecular flexibility index (Phi) is 7.39. The maximum absolute atomic E-state index is 15.0. The van der Waals surface area contributed by atoms with Crippen molar-refractivity contribution in [3.63, 3.8) is 0 Å². The second-order valence-electron chi connectivity index (χ2n) is 9.53. The summed E-state index contributed by atoms with van der Waals surface area (Å²) in [6.45, 7) is 2.17. The monoisotopic (exact) mass is 498 g/mol. The summed E-state index contributed by atoms with van der Waals surface area (Å²) in [6, 6.07) is 0.170.